The van der Waals surface area contributed by atoms with E-state index in [0.29, 0.717) is 11.7 Å². The lowest BCUT2D eigenvalue weighted by Gasteiger charge is -2.35. The Kier molecular flexibility index (Phi) is 4.10. The molecule has 1 unspecified atom stereocenters. The molecule has 21 heavy (non-hydrogen) atoms. The van der Waals surface area contributed by atoms with Crippen molar-refractivity contribution in [1.82, 2.24) is 15.1 Å². The zero-order chi connectivity index (χ0) is 14.7. The summed E-state index contributed by atoms with van der Waals surface area (Å²) in [4.78, 5) is 14.2. The van der Waals surface area contributed by atoms with Crippen molar-refractivity contribution in [3.05, 3.63) is 41.2 Å². The van der Waals surface area contributed by atoms with Gasteiger partial charge in [0.2, 0.25) is 5.13 Å². The molecule has 0 aliphatic carbocycles. The molecule has 0 bridgehead atoms. The largest absolute Gasteiger partial charge is 0.324 e. The second-order valence-corrected chi connectivity index (χ2v) is 5.76. The van der Waals surface area contributed by atoms with Gasteiger partial charge in [0.15, 0.2) is 0 Å². The Hall–Kier alpha value is -2.02. The van der Waals surface area contributed by atoms with E-state index in [0.717, 1.165) is 24.8 Å². The first-order valence-electron chi connectivity index (χ1n) is 6.83. The Morgan fingerprint density at radius 3 is 2.86 bits per heavy atom. The molecular formula is C14H15FN4OS. The fourth-order valence-electron chi connectivity index (χ4n) is 2.60. The molecule has 2 heterocycles. The van der Waals surface area contributed by atoms with Gasteiger partial charge < -0.3 is 4.90 Å². The average molecular weight is 306 g/mol. The highest BCUT2D eigenvalue weighted by Gasteiger charge is 2.28. The highest BCUT2D eigenvalue weighted by Crippen LogP contribution is 2.31. The molecule has 7 heteroatoms. The summed E-state index contributed by atoms with van der Waals surface area (Å²) >= 11 is 1.28. The molecule has 2 aromatic rings. The molecule has 1 aliphatic heterocycles. The molecule has 1 aromatic heterocycles. The van der Waals surface area contributed by atoms with Gasteiger partial charge in [-0.1, -0.05) is 23.5 Å². The molecule has 110 valence electrons. The zero-order valence-electron chi connectivity index (χ0n) is 11.3. The highest BCUT2D eigenvalue weighted by atomic mass is 32.1. The molecular weight excluding hydrogens is 291 g/mol. The number of benzene rings is 1. The van der Waals surface area contributed by atoms with Crippen LogP contribution in [-0.4, -0.2) is 27.7 Å². The van der Waals surface area contributed by atoms with Crippen molar-refractivity contribution in [3.63, 3.8) is 0 Å². The van der Waals surface area contributed by atoms with Gasteiger partial charge in [-0.3, -0.25) is 5.32 Å². The van der Waals surface area contributed by atoms with Crippen LogP contribution in [0.3, 0.4) is 0 Å². The third kappa shape index (κ3) is 3.18. The van der Waals surface area contributed by atoms with E-state index in [9.17, 15) is 9.18 Å². The number of carbonyl (C=O) groups excluding carboxylic acids is 1. The van der Waals surface area contributed by atoms with E-state index < -0.39 is 0 Å². The fraction of sp³-hybridized carbons (Fsp3) is 0.357. The van der Waals surface area contributed by atoms with E-state index in [1.54, 1.807) is 22.5 Å². The summed E-state index contributed by atoms with van der Waals surface area (Å²) in [5, 5.41) is 10.8. The fourth-order valence-corrected chi connectivity index (χ4v) is 3.03. The molecule has 1 saturated heterocycles. The molecule has 0 saturated carbocycles. The minimum atomic E-state index is -0.264. The van der Waals surface area contributed by atoms with E-state index in [1.807, 2.05) is 0 Å². The number of likely N-dealkylation sites (tertiary alicyclic amines) is 1. The van der Waals surface area contributed by atoms with Crippen LogP contribution in [0.15, 0.2) is 29.8 Å². The average Bonchev–Trinajstić information content (AvgIpc) is 3.01. The molecule has 1 N–H and O–H groups in total. The third-order valence-electron chi connectivity index (χ3n) is 3.59. The van der Waals surface area contributed by atoms with Crippen molar-refractivity contribution in [3.8, 4) is 0 Å². The Labute approximate surface area is 125 Å². The summed E-state index contributed by atoms with van der Waals surface area (Å²) in [5.41, 5.74) is 2.53. The lowest BCUT2D eigenvalue weighted by molar-refractivity contribution is 0.163. The number of hydrogen-bond acceptors (Lipinski definition) is 4. The summed E-state index contributed by atoms with van der Waals surface area (Å²) in [7, 11) is 0. The van der Waals surface area contributed by atoms with Crippen LogP contribution in [-0.2, 0) is 0 Å². The molecule has 1 atom stereocenters. The normalized spacial score (nSPS) is 18.5. The van der Waals surface area contributed by atoms with Gasteiger partial charge >= 0.3 is 6.03 Å². The Balaban J connectivity index is 1.77. The van der Waals surface area contributed by atoms with Crippen molar-refractivity contribution >= 4 is 22.5 Å². The van der Waals surface area contributed by atoms with Crippen LogP contribution in [0.25, 0.3) is 0 Å². The van der Waals surface area contributed by atoms with Gasteiger partial charge in [-0.05, 0) is 37.0 Å². The molecule has 3 rings (SSSR count). The number of nitrogens with zero attached hydrogens (tertiary/aromatic N) is 3. The third-order valence-corrected chi connectivity index (χ3v) is 4.20. The first kappa shape index (κ1) is 13.9. The van der Waals surface area contributed by atoms with Gasteiger partial charge in [-0.25, -0.2) is 9.18 Å². The van der Waals surface area contributed by atoms with Gasteiger partial charge in [-0.2, -0.15) is 0 Å². The number of anilines is 1. The van der Waals surface area contributed by atoms with Crippen molar-refractivity contribution in [2.24, 2.45) is 0 Å². The lowest BCUT2D eigenvalue weighted by Crippen LogP contribution is -2.41. The van der Waals surface area contributed by atoms with E-state index in [4.69, 9.17) is 0 Å². The number of urea groups is 1. The van der Waals surface area contributed by atoms with E-state index >= 15 is 0 Å². The summed E-state index contributed by atoms with van der Waals surface area (Å²) in [6.07, 6.45) is 2.92. The second-order valence-electron chi connectivity index (χ2n) is 4.93. The zero-order valence-corrected chi connectivity index (χ0v) is 12.1. The van der Waals surface area contributed by atoms with Gasteiger partial charge in [0, 0.05) is 6.54 Å². The lowest BCUT2D eigenvalue weighted by atomic mass is 9.95. The predicted octanol–water partition coefficient (Wildman–Crippen LogP) is 3.44. The first-order chi connectivity index (χ1) is 10.2. The summed E-state index contributed by atoms with van der Waals surface area (Å²) in [5.74, 6) is -0.264. The maximum Gasteiger partial charge on any atom is 0.324 e. The van der Waals surface area contributed by atoms with Crippen LogP contribution in [0.2, 0.25) is 0 Å². The van der Waals surface area contributed by atoms with Gasteiger partial charge in [0.1, 0.15) is 11.3 Å². The van der Waals surface area contributed by atoms with Gasteiger partial charge in [0.25, 0.3) is 0 Å². The molecule has 0 spiro atoms. The van der Waals surface area contributed by atoms with Gasteiger partial charge in [0.05, 0.1) is 6.04 Å². The first-order valence-corrected chi connectivity index (χ1v) is 7.71. The van der Waals surface area contributed by atoms with Crippen molar-refractivity contribution in [2.45, 2.75) is 25.3 Å². The summed E-state index contributed by atoms with van der Waals surface area (Å²) in [6, 6.07) is 6.16. The molecule has 2 amide bonds. The number of aromatic nitrogens is 2. The Morgan fingerprint density at radius 1 is 1.33 bits per heavy atom. The Morgan fingerprint density at radius 2 is 2.14 bits per heavy atom. The smallest absolute Gasteiger partial charge is 0.317 e. The maximum absolute atomic E-state index is 13.1. The van der Waals surface area contributed by atoms with Crippen molar-refractivity contribution < 1.29 is 9.18 Å². The SMILES string of the molecule is O=C(Nc1nncs1)N1CCCCC1c1ccc(F)cc1. The highest BCUT2D eigenvalue weighted by molar-refractivity contribution is 7.13. The summed E-state index contributed by atoms with van der Waals surface area (Å²) in [6.45, 7) is 0.687. The minimum Gasteiger partial charge on any atom is -0.317 e. The topological polar surface area (TPSA) is 58.1 Å². The number of rotatable bonds is 2. The van der Waals surface area contributed by atoms with Gasteiger partial charge in [-0.15, -0.1) is 10.2 Å². The molecule has 0 radical (unpaired) electrons. The van der Waals surface area contributed by atoms with Crippen LogP contribution < -0.4 is 5.32 Å². The predicted molar refractivity (Wildman–Crippen MR) is 78.6 cm³/mol. The molecule has 5 nitrogen and oxygen atoms in total. The van der Waals surface area contributed by atoms with Crippen LogP contribution in [0, 0.1) is 5.82 Å². The van der Waals surface area contributed by atoms with Crippen molar-refractivity contribution in [1.29, 1.82) is 0 Å². The molecule has 1 fully saturated rings. The number of hydrogen-bond donors (Lipinski definition) is 1. The minimum absolute atomic E-state index is 0.0210. The van der Waals surface area contributed by atoms with E-state index in [1.165, 1.54) is 23.5 Å². The van der Waals surface area contributed by atoms with Crippen LogP contribution >= 0.6 is 11.3 Å². The number of halogens is 1. The quantitative estimate of drug-likeness (QED) is 0.924. The van der Waals surface area contributed by atoms with Crippen LogP contribution in [0.4, 0.5) is 14.3 Å². The number of nitrogens with one attached hydrogen (secondary N) is 1. The van der Waals surface area contributed by atoms with Crippen LogP contribution in [0.1, 0.15) is 30.9 Å². The second kappa shape index (κ2) is 6.17. The number of piperidine rings is 1. The van der Waals surface area contributed by atoms with E-state index in [2.05, 4.69) is 15.5 Å². The number of carbonyl (C=O) groups is 1. The molecule has 1 aromatic carbocycles. The Bertz CT molecular complexity index is 602. The van der Waals surface area contributed by atoms with Crippen LogP contribution in [0.5, 0.6) is 0 Å². The monoisotopic (exact) mass is 306 g/mol. The number of amides is 2. The maximum atomic E-state index is 13.1. The van der Waals surface area contributed by atoms with Crippen molar-refractivity contribution in [2.75, 3.05) is 11.9 Å². The molecule has 1 aliphatic rings. The summed E-state index contributed by atoms with van der Waals surface area (Å²) < 4.78 is 13.1. The van der Waals surface area contributed by atoms with E-state index in [-0.39, 0.29) is 17.9 Å². The standard InChI is InChI=1S/C14H15FN4OS/c15-11-6-4-10(5-7-11)12-3-1-2-8-19(12)14(20)17-13-18-16-9-21-13/h4-7,9,12H,1-3,8H2,(H,17,18,20).